The molecule has 0 saturated carbocycles. The zero-order valence-electron chi connectivity index (χ0n) is 13.7. The van der Waals surface area contributed by atoms with E-state index in [0.29, 0.717) is 12.5 Å². The van der Waals surface area contributed by atoms with Crippen LogP contribution >= 0.6 is 15.9 Å². The van der Waals surface area contributed by atoms with Gasteiger partial charge in [0.25, 0.3) is 0 Å². The molecule has 0 fully saturated rings. The molecule has 0 heterocycles. The Morgan fingerprint density at radius 2 is 1.52 bits per heavy atom. The SMILES string of the molecule is CCCc1[c]c(Br)c(-c2ccccc2F)c(C(F)(C(F)(F)F)C(F)(F)F)c1. The zero-order chi connectivity index (χ0) is 20.6. The molecule has 9 heteroatoms. The number of halogens is 9. The molecule has 0 aliphatic carbocycles. The molecule has 0 saturated heterocycles. The van der Waals surface area contributed by atoms with Crippen LogP contribution in [0.3, 0.4) is 0 Å². The predicted octanol–water partition coefficient (Wildman–Crippen LogP) is 7.30. The van der Waals surface area contributed by atoms with E-state index in [9.17, 15) is 35.1 Å². The minimum atomic E-state index is -6.31. The molecule has 2 rings (SSSR count). The van der Waals surface area contributed by atoms with Gasteiger partial charge >= 0.3 is 18.0 Å². The van der Waals surface area contributed by atoms with Crippen LogP contribution in [0.1, 0.15) is 24.5 Å². The third-order valence-electron chi connectivity index (χ3n) is 3.89. The van der Waals surface area contributed by atoms with Crippen molar-refractivity contribution >= 4 is 15.9 Å². The van der Waals surface area contributed by atoms with Crippen molar-refractivity contribution in [1.82, 2.24) is 0 Å². The van der Waals surface area contributed by atoms with E-state index in [4.69, 9.17) is 0 Å². The van der Waals surface area contributed by atoms with Crippen LogP contribution in [0.15, 0.2) is 34.8 Å². The highest BCUT2D eigenvalue weighted by Gasteiger charge is 2.74. The van der Waals surface area contributed by atoms with Gasteiger partial charge in [0.2, 0.25) is 0 Å². The first-order chi connectivity index (χ1) is 12.3. The molecular weight excluding hydrogens is 448 g/mol. The molecule has 147 valence electrons. The van der Waals surface area contributed by atoms with E-state index in [1.807, 2.05) is 0 Å². The summed E-state index contributed by atoms with van der Waals surface area (Å²) in [4.78, 5) is 0. The van der Waals surface area contributed by atoms with Gasteiger partial charge in [-0.25, -0.2) is 8.78 Å². The molecule has 2 aromatic rings. The molecule has 0 aliphatic rings. The van der Waals surface area contributed by atoms with E-state index in [1.54, 1.807) is 6.92 Å². The molecule has 27 heavy (non-hydrogen) atoms. The first-order valence-corrected chi connectivity index (χ1v) is 8.46. The van der Waals surface area contributed by atoms with Gasteiger partial charge < -0.3 is 0 Å². The molecule has 1 radical (unpaired) electrons. The highest BCUT2D eigenvalue weighted by Crippen LogP contribution is 2.56. The lowest BCUT2D eigenvalue weighted by Crippen LogP contribution is -2.50. The van der Waals surface area contributed by atoms with Crippen molar-refractivity contribution in [2.45, 2.75) is 37.8 Å². The number of alkyl halides is 7. The molecule has 0 amide bonds. The second kappa shape index (κ2) is 7.41. The standard InChI is InChI=1S/C18H12BrF8/c1-2-5-10-8-12(16(21,17(22,23)24)18(25,26)27)15(13(19)9-10)11-6-3-4-7-14(11)20/h3-4,6-8H,2,5H2,1H3. The number of hydrogen-bond donors (Lipinski definition) is 0. The van der Waals surface area contributed by atoms with Gasteiger partial charge in [0.1, 0.15) is 5.82 Å². The van der Waals surface area contributed by atoms with Crippen LogP contribution in [-0.4, -0.2) is 12.4 Å². The molecule has 0 aliphatic heterocycles. The van der Waals surface area contributed by atoms with E-state index < -0.39 is 40.5 Å². The van der Waals surface area contributed by atoms with Gasteiger partial charge in [-0.3, -0.25) is 0 Å². The third-order valence-corrected chi connectivity index (χ3v) is 4.49. The van der Waals surface area contributed by atoms with Crippen molar-refractivity contribution in [1.29, 1.82) is 0 Å². The minimum absolute atomic E-state index is 0.0602. The van der Waals surface area contributed by atoms with E-state index in [2.05, 4.69) is 22.0 Å². The van der Waals surface area contributed by atoms with Gasteiger partial charge in [0, 0.05) is 27.2 Å². The second-order valence-electron chi connectivity index (χ2n) is 5.78. The van der Waals surface area contributed by atoms with Gasteiger partial charge in [-0.1, -0.05) is 37.6 Å². The van der Waals surface area contributed by atoms with E-state index in [0.717, 1.165) is 12.1 Å². The molecule has 0 atom stereocenters. The van der Waals surface area contributed by atoms with Crippen molar-refractivity contribution in [3.63, 3.8) is 0 Å². The molecule has 0 aromatic heterocycles. The maximum atomic E-state index is 14.8. The Labute approximate surface area is 158 Å². The largest absolute Gasteiger partial charge is 0.435 e. The summed E-state index contributed by atoms with van der Waals surface area (Å²) < 4.78 is 108. The van der Waals surface area contributed by atoms with Crippen LogP contribution in [0.2, 0.25) is 0 Å². The lowest BCUT2D eigenvalue weighted by molar-refractivity contribution is -0.348. The summed E-state index contributed by atoms with van der Waals surface area (Å²) in [5.74, 6) is -1.09. The molecule has 0 nitrogen and oxygen atoms in total. The maximum Gasteiger partial charge on any atom is 0.435 e. The van der Waals surface area contributed by atoms with Crippen molar-refractivity contribution in [3.05, 3.63) is 57.8 Å². The van der Waals surface area contributed by atoms with Gasteiger partial charge in [-0.2, -0.15) is 26.3 Å². The Balaban J connectivity index is 2.97. The highest BCUT2D eigenvalue weighted by atomic mass is 79.9. The molecule has 0 N–H and O–H groups in total. The smallest absolute Gasteiger partial charge is 0.218 e. The predicted molar refractivity (Wildman–Crippen MR) is 87.3 cm³/mol. The highest BCUT2D eigenvalue weighted by molar-refractivity contribution is 9.10. The van der Waals surface area contributed by atoms with E-state index in [1.165, 1.54) is 12.1 Å². The second-order valence-corrected chi connectivity index (χ2v) is 6.57. The van der Waals surface area contributed by atoms with E-state index in [-0.39, 0.29) is 16.5 Å². The topological polar surface area (TPSA) is 0 Å². The average Bonchev–Trinajstić information content (AvgIpc) is 2.53. The van der Waals surface area contributed by atoms with Crippen molar-refractivity contribution in [3.8, 4) is 11.1 Å². The lowest BCUT2D eigenvalue weighted by atomic mass is 9.85. The van der Waals surface area contributed by atoms with Crippen molar-refractivity contribution in [2.75, 3.05) is 0 Å². The Bertz CT molecular complexity index is 809. The van der Waals surface area contributed by atoms with Crippen molar-refractivity contribution < 1.29 is 35.1 Å². The number of benzene rings is 2. The minimum Gasteiger partial charge on any atom is -0.218 e. The van der Waals surface area contributed by atoms with Crippen LogP contribution in [0.25, 0.3) is 11.1 Å². The van der Waals surface area contributed by atoms with Gasteiger partial charge in [-0.05, 0) is 34.0 Å². The number of rotatable bonds is 4. The summed E-state index contributed by atoms with van der Waals surface area (Å²) in [5, 5.41) is 0. The molecule has 0 bridgehead atoms. The van der Waals surface area contributed by atoms with E-state index >= 15 is 0 Å². The Morgan fingerprint density at radius 3 is 2.00 bits per heavy atom. The quantitative estimate of drug-likeness (QED) is 0.421. The summed E-state index contributed by atoms with van der Waals surface area (Å²) in [6, 6.07) is 7.27. The monoisotopic (exact) mass is 459 g/mol. The normalized spacial score (nSPS) is 13.1. The van der Waals surface area contributed by atoms with Crippen LogP contribution in [0, 0.1) is 11.9 Å². The van der Waals surface area contributed by atoms with Gasteiger partial charge in [0.05, 0.1) is 0 Å². The summed E-state index contributed by atoms with van der Waals surface area (Å²) in [6.45, 7) is 1.64. The Morgan fingerprint density at radius 1 is 0.963 bits per heavy atom. The molecule has 0 unspecified atom stereocenters. The fraction of sp³-hybridized carbons (Fsp3) is 0.333. The first-order valence-electron chi connectivity index (χ1n) is 7.67. The third kappa shape index (κ3) is 3.83. The number of aryl methyl sites for hydroxylation is 1. The summed E-state index contributed by atoms with van der Waals surface area (Å²) >= 11 is 2.84. The number of hydrogen-bond acceptors (Lipinski definition) is 0. The van der Waals surface area contributed by atoms with Gasteiger partial charge in [0.15, 0.2) is 0 Å². The van der Waals surface area contributed by atoms with Crippen LogP contribution in [0.4, 0.5) is 35.1 Å². The Kier molecular flexibility index (Phi) is 5.94. The summed E-state index contributed by atoms with van der Waals surface area (Å²) in [5.41, 5.74) is -8.95. The van der Waals surface area contributed by atoms with Gasteiger partial charge in [-0.15, -0.1) is 0 Å². The maximum absolute atomic E-state index is 14.8. The molecular formula is C18H12BrF8. The summed E-state index contributed by atoms with van der Waals surface area (Å²) in [6.07, 6.45) is -12.2. The zero-order valence-corrected chi connectivity index (χ0v) is 15.3. The Hall–Kier alpha value is -1.64. The summed E-state index contributed by atoms with van der Waals surface area (Å²) in [7, 11) is 0. The molecule has 0 spiro atoms. The van der Waals surface area contributed by atoms with Crippen LogP contribution in [0.5, 0.6) is 0 Å². The van der Waals surface area contributed by atoms with Crippen molar-refractivity contribution in [2.24, 2.45) is 0 Å². The van der Waals surface area contributed by atoms with Crippen LogP contribution in [-0.2, 0) is 12.1 Å². The lowest BCUT2D eigenvalue weighted by Gasteiger charge is -2.32. The average molecular weight is 460 g/mol. The first kappa shape index (κ1) is 21.7. The van der Waals surface area contributed by atoms with Crippen LogP contribution < -0.4 is 0 Å². The molecule has 2 aromatic carbocycles. The fourth-order valence-electron chi connectivity index (χ4n) is 2.67. The fourth-order valence-corrected chi connectivity index (χ4v) is 3.36.